The minimum absolute atomic E-state index is 0.268. The van der Waals surface area contributed by atoms with Gasteiger partial charge in [0, 0.05) is 13.1 Å². The molecular formula is C21H21N3O2. The first-order chi connectivity index (χ1) is 12.7. The molecule has 0 atom stereocenters. The third-order valence-corrected chi connectivity index (χ3v) is 4.64. The maximum Gasteiger partial charge on any atom is 0.302 e. The van der Waals surface area contributed by atoms with Crippen molar-refractivity contribution in [2.75, 3.05) is 6.61 Å². The molecule has 0 saturated carbocycles. The van der Waals surface area contributed by atoms with Gasteiger partial charge in [0.15, 0.2) is 0 Å². The monoisotopic (exact) mass is 347 g/mol. The molecule has 2 aromatic carbocycles. The smallest absolute Gasteiger partial charge is 0.302 e. The van der Waals surface area contributed by atoms with Crippen LogP contribution < -0.4 is 0 Å². The first-order valence-corrected chi connectivity index (χ1v) is 8.86. The van der Waals surface area contributed by atoms with Gasteiger partial charge in [0.25, 0.3) is 0 Å². The lowest BCUT2D eigenvalue weighted by Crippen LogP contribution is -2.10. The van der Waals surface area contributed by atoms with Crippen molar-refractivity contribution in [1.29, 1.82) is 0 Å². The number of carbonyl (C=O) groups excluding carboxylic acids is 1. The summed E-state index contributed by atoms with van der Waals surface area (Å²) in [5.74, 6) is 0.587. The minimum atomic E-state index is -0.268. The predicted octanol–water partition coefficient (Wildman–Crippen LogP) is 4.08. The van der Waals surface area contributed by atoms with E-state index in [1.165, 1.54) is 12.5 Å². The van der Waals surface area contributed by atoms with Gasteiger partial charge in [-0.1, -0.05) is 43.3 Å². The van der Waals surface area contributed by atoms with Gasteiger partial charge in [-0.2, -0.15) is 0 Å². The van der Waals surface area contributed by atoms with E-state index in [0.717, 1.165) is 34.5 Å². The highest BCUT2D eigenvalue weighted by atomic mass is 16.5. The molecule has 0 N–H and O–H groups in total. The Morgan fingerprint density at radius 3 is 2.62 bits per heavy atom. The molecule has 0 aliphatic heterocycles. The first-order valence-electron chi connectivity index (χ1n) is 8.86. The second-order valence-electron chi connectivity index (χ2n) is 6.33. The summed E-state index contributed by atoms with van der Waals surface area (Å²) in [7, 11) is 0. The van der Waals surface area contributed by atoms with Gasteiger partial charge in [-0.25, -0.2) is 4.98 Å². The number of fused-ring (bicyclic) bond motifs is 3. The number of ether oxygens (including phenoxy) is 1. The van der Waals surface area contributed by atoms with Crippen molar-refractivity contribution in [3.63, 3.8) is 0 Å². The number of esters is 1. The molecule has 0 amide bonds. The van der Waals surface area contributed by atoms with Crippen LogP contribution in [-0.2, 0) is 22.5 Å². The molecule has 5 nitrogen and oxygen atoms in total. The summed E-state index contributed by atoms with van der Waals surface area (Å²) in [6.07, 6.45) is 3.13. The Bertz CT molecular complexity index is 1070. The van der Waals surface area contributed by atoms with E-state index in [4.69, 9.17) is 9.72 Å². The lowest BCUT2D eigenvalue weighted by molar-refractivity contribution is -0.141. The van der Waals surface area contributed by atoms with Crippen LogP contribution in [0.25, 0.3) is 28.1 Å². The molecule has 0 bridgehead atoms. The van der Waals surface area contributed by atoms with Crippen LogP contribution in [0, 0.1) is 0 Å². The summed E-state index contributed by atoms with van der Waals surface area (Å²) in [6, 6.07) is 16.7. The maximum atomic E-state index is 11.1. The highest BCUT2D eigenvalue weighted by Crippen LogP contribution is 2.27. The molecule has 4 rings (SSSR count). The second kappa shape index (κ2) is 6.67. The largest absolute Gasteiger partial charge is 0.464 e. The van der Waals surface area contributed by atoms with Crippen LogP contribution in [0.5, 0.6) is 0 Å². The van der Waals surface area contributed by atoms with Gasteiger partial charge < -0.3 is 9.30 Å². The highest BCUT2D eigenvalue weighted by Gasteiger charge is 2.15. The van der Waals surface area contributed by atoms with Gasteiger partial charge in [-0.3, -0.25) is 9.20 Å². The predicted molar refractivity (Wildman–Crippen MR) is 102 cm³/mol. The van der Waals surface area contributed by atoms with Crippen LogP contribution >= 0.6 is 0 Å². The van der Waals surface area contributed by atoms with E-state index >= 15 is 0 Å². The van der Waals surface area contributed by atoms with Crippen LogP contribution in [0.1, 0.15) is 19.4 Å². The molecule has 2 heterocycles. The third-order valence-electron chi connectivity index (χ3n) is 4.64. The highest BCUT2D eigenvalue weighted by molar-refractivity contribution is 5.81. The van der Waals surface area contributed by atoms with Gasteiger partial charge in [-0.15, -0.1) is 0 Å². The average molecular weight is 347 g/mol. The van der Waals surface area contributed by atoms with Gasteiger partial charge in [-0.05, 0) is 29.7 Å². The van der Waals surface area contributed by atoms with Crippen molar-refractivity contribution in [1.82, 2.24) is 14.0 Å². The van der Waals surface area contributed by atoms with Gasteiger partial charge in [0.1, 0.15) is 6.61 Å². The van der Waals surface area contributed by atoms with Crippen molar-refractivity contribution in [2.45, 2.75) is 26.8 Å². The fourth-order valence-corrected chi connectivity index (χ4v) is 3.29. The number of imidazole rings is 2. The van der Waals surface area contributed by atoms with Crippen LogP contribution in [-0.4, -0.2) is 26.5 Å². The number of nitrogens with zero attached hydrogens (tertiary/aromatic N) is 3. The summed E-state index contributed by atoms with van der Waals surface area (Å²) >= 11 is 0. The topological polar surface area (TPSA) is 48.5 Å². The standard InChI is InChI=1S/C21H21N3O2/c1-3-16-8-10-17(11-9-16)20-14-24-19-7-5-4-6-18(19)22-21(24)23(20)12-13-26-15(2)25/h4-11,14H,3,12-13H2,1-2H3. The van der Waals surface area contributed by atoms with E-state index < -0.39 is 0 Å². The second-order valence-corrected chi connectivity index (χ2v) is 6.33. The Morgan fingerprint density at radius 2 is 1.88 bits per heavy atom. The molecule has 0 aliphatic carbocycles. The lowest BCUT2D eigenvalue weighted by atomic mass is 10.1. The molecule has 0 saturated heterocycles. The van der Waals surface area contributed by atoms with Crippen LogP contribution in [0.3, 0.4) is 0 Å². The van der Waals surface area contributed by atoms with Crippen LogP contribution in [0.15, 0.2) is 54.7 Å². The summed E-state index contributed by atoms with van der Waals surface area (Å²) < 4.78 is 9.39. The van der Waals surface area contributed by atoms with Gasteiger partial charge in [0.05, 0.1) is 23.3 Å². The van der Waals surface area contributed by atoms with E-state index in [2.05, 4.69) is 52.4 Å². The fraction of sp³-hybridized carbons (Fsp3) is 0.238. The molecule has 0 spiro atoms. The molecule has 4 aromatic rings. The molecule has 0 unspecified atom stereocenters. The van der Waals surface area contributed by atoms with E-state index in [0.29, 0.717) is 13.2 Å². The number of benzene rings is 2. The Kier molecular flexibility index (Phi) is 4.21. The Hall–Kier alpha value is -3.08. The molecule has 2 aromatic heterocycles. The molecular weight excluding hydrogens is 326 g/mol. The molecule has 5 heteroatoms. The summed E-state index contributed by atoms with van der Waals surface area (Å²) in [5, 5.41) is 0. The van der Waals surface area contributed by atoms with Crippen molar-refractivity contribution in [2.24, 2.45) is 0 Å². The van der Waals surface area contributed by atoms with E-state index in [1.807, 2.05) is 18.2 Å². The summed E-state index contributed by atoms with van der Waals surface area (Å²) in [4.78, 5) is 15.9. The Labute approximate surface area is 151 Å². The minimum Gasteiger partial charge on any atom is -0.464 e. The number of hydrogen-bond donors (Lipinski definition) is 0. The molecule has 0 aliphatic rings. The maximum absolute atomic E-state index is 11.1. The zero-order valence-electron chi connectivity index (χ0n) is 15.0. The summed E-state index contributed by atoms with van der Waals surface area (Å²) in [6.45, 7) is 4.46. The van der Waals surface area contributed by atoms with E-state index in [1.54, 1.807) is 0 Å². The summed E-state index contributed by atoms with van der Waals surface area (Å²) in [5.41, 5.74) is 5.52. The van der Waals surface area contributed by atoms with Crippen LogP contribution in [0.2, 0.25) is 0 Å². The number of aryl methyl sites for hydroxylation is 1. The van der Waals surface area contributed by atoms with Gasteiger partial charge in [0.2, 0.25) is 5.78 Å². The van der Waals surface area contributed by atoms with E-state index in [9.17, 15) is 4.79 Å². The quantitative estimate of drug-likeness (QED) is 0.511. The van der Waals surface area contributed by atoms with Gasteiger partial charge >= 0.3 is 5.97 Å². The van der Waals surface area contributed by atoms with Crippen molar-refractivity contribution >= 4 is 22.8 Å². The van der Waals surface area contributed by atoms with Crippen molar-refractivity contribution in [3.05, 3.63) is 60.3 Å². The Balaban J connectivity index is 1.84. The fourth-order valence-electron chi connectivity index (χ4n) is 3.29. The molecule has 0 radical (unpaired) electrons. The average Bonchev–Trinajstić information content (AvgIpc) is 3.18. The number of hydrogen-bond acceptors (Lipinski definition) is 3. The molecule has 132 valence electrons. The number of carbonyl (C=O) groups is 1. The zero-order chi connectivity index (χ0) is 18.1. The molecule has 26 heavy (non-hydrogen) atoms. The van der Waals surface area contributed by atoms with Crippen molar-refractivity contribution in [3.8, 4) is 11.3 Å². The normalized spacial score (nSPS) is 11.3. The van der Waals surface area contributed by atoms with Crippen LogP contribution in [0.4, 0.5) is 0 Å². The first kappa shape index (κ1) is 16.4. The lowest BCUT2D eigenvalue weighted by Gasteiger charge is -2.09. The SMILES string of the molecule is CCc1ccc(-c2cn3c4ccccc4nc3n2CCOC(C)=O)cc1. The number of aromatic nitrogens is 3. The van der Waals surface area contributed by atoms with E-state index in [-0.39, 0.29) is 5.97 Å². The van der Waals surface area contributed by atoms with Crippen molar-refractivity contribution < 1.29 is 9.53 Å². The number of rotatable bonds is 5. The zero-order valence-corrected chi connectivity index (χ0v) is 15.0. The number of para-hydroxylation sites is 2. The third kappa shape index (κ3) is 2.86. The Morgan fingerprint density at radius 1 is 1.12 bits per heavy atom. The molecule has 0 fully saturated rings.